The lowest BCUT2D eigenvalue weighted by atomic mass is 10.2. The number of nitrogens with zero attached hydrogens (tertiary/aromatic N) is 2. The molecule has 16 heavy (non-hydrogen) atoms. The first-order valence-corrected chi connectivity index (χ1v) is 6.49. The van der Waals surface area contributed by atoms with E-state index in [2.05, 4.69) is 4.98 Å². The number of hydroxylamine groups is 2. The van der Waals surface area contributed by atoms with Gasteiger partial charge in [-0.1, -0.05) is 0 Å². The van der Waals surface area contributed by atoms with Crippen LogP contribution in [0, 0.1) is 0 Å². The van der Waals surface area contributed by atoms with Crippen molar-refractivity contribution in [3.63, 3.8) is 0 Å². The van der Waals surface area contributed by atoms with Crippen molar-refractivity contribution < 1.29 is 9.63 Å². The molecule has 2 rings (SSSR count). The van der Waals surface area contributed by atoms with Crippen molar-refractivity contribution in [1.29, 1.82) is 0 Å². The van der Waals surface area contributed by atoms with Gasteiger partial charge in [0, 0.05) is 12.7 Å². The summed E-state index contributed by atoms with van der Waals surface area (Å²) in [6, 6.07) is 3.57. The SMILES string of the molecule is CSc1ncccc1C(=O)N1CCCCO1. The first kappa shape index (κ1) is 11.4. The molecule has 0 aromatic carbocycles. The standard InChI is InChI=1S/C11H14N2O2S/c1-16-10-9(5-4-6-12-10)11(14)13-7-2-3-8-15-13/h4-6H,2-3,7-8H2,1H3. The highest BCUT2D eigenvalue weighted by Crippen LogP contribution is 2.20. The molecule has 2 heterocycles. The number of hydrogen-bond acceptors (Lipinski definition) is 4. The van der Waals surface area contributed by atoms with Crippen LogP contribution in [0.1, 0.15) is 23.2 Å². The molecule has 1 fully saturated rings. The fourth-order valence-electron chi connectivity index (χ4n) is 1.61. The van der Waals surface area contributed by atoms with Gasteiger partial charge in [-0.3, -0.25) is 9.63 Å². The predicted molar refractivity (Wildman–Crippen MR) is 62.2 cm³/mol. The normalized spacial score (nSPS) is 16.2. The van der Waals surface area contributed by atoms with Gasteiger partial charge in [0.15, 0.2) is 0 Å². The molecule has 1 aromatic rings. The number of thioether (sulfide) groups is 1. The van der Waals surface area contributed by atoms with Crippen molar-refractivity contribution in [3.05, 3.63) is 23.9 Å². The van der Waals surface area contributed by atoms with E-state index in [1.165, 1.54) is 16.8 Å². The predicted octanol–water partition coefficient (Wildman–Crippen LogP) is 1.97. The second-order valence-corrected chi connectivity index (χ2v) is 4.30. The summed E-state index contributed by atoms with van der Waals surface area (Å²) < 4.78 is 0. The minimum Gasteiger partial charge on any atom is -0.271 e. The zero-order chi connectivity index (χ0) is 11.4. The maximum Gasteiger partial charge on any atom is 0.280 e. The smallest absolute Gasteiger partial charge is 0.271 e. The van der Waals surface area contributed by atoms with Crippen LogP contribution in [0.5, 0.6) is 0 Å². The maximum atomic E-state index is 12.1. The van der Waals surface area contributed by atoms with Crippen molar-refractivity contribution in [2.75, 3.05) is 19.4 Å². The van der Waals surface area contributed by atoms with E-state index in [4.69, 9.17) is 4.84 Å². The minimum absolute atomic E-state index is 0.0860. The number of rotatable bonds is 2. The summed E-state index contributed by atoms with van der Waals surface area (Å²) in [6.07, 6.45) is 5.63. The van der Waals surface area contributed by atoms with Crippen LogP contribution in [0.2, 0.25) is 0 Å². The molecule has 5 heteroatoms. The van der Waals surface area contributed by atoms with E-state index in [-0.39, 0.29) is 5.91 Å². The van der Waals surface area contributed by atoms with E-state index in [0.717, 1.165) is 17.9 Å². The van der Waals surface area contributed by atoms with Gasteiger partial charge >= 0.3 is 0 Å². The van der Waals surface area contributed by atoms with Crippen LogP contribution < -0.4 is 0 Å². The number of hydrogen-bond donors (Lipinski definition) is 0. The Kier molecular flexibility index (Phi) is 3.79. The van der Waals surface area contributed by atoms with Gasteiger partial charge in [-0.15, -0.1) is 11.8 Å². The van der Waals surface area contributed by atoms with Gasteiger partial charge in [-0.2, -0.15) is 0 Å². The van der Waals surface area contributed by atoms with Gasteiger partial charge in [-0.25, -0.2) is 10.0 Å². The van der Waals surface area contributed by atoms with E-state index >= 15 is 0 Å². The molecule has 0 bridgehead atoms. The Bertz CT molecular complexity index is 378. The molecule has 0 N–H and O–H groups in total. The molecule has 1 aliphatic rings. The van der Waals surface area contributed by atoms with E-state index in [1.807, 2.05) is 6.26 Å². The Morgan fingerprint density at radius 3 is 3.12 bits per heavy atom. The molecular weight excluding hydrogens is 224 g/mol. The molecule has 1 saturated heterocycles. The molecule has 1 aromatic heterocycles. The third kappa shape index (κ3) is 2.36. The molecular formula is C11H14N2O2S. The molecule has 0 spiro atoms. The Labute approximate surface area is 98.9 Å². The molecule has 4 nitrogen and oxygen atoms in total. The van der Waals surface area contributed by atoms with Gasteiger partial charge in [-0.05, 0) is 31.2 Å². The average Bonchev–Trinajstić information content (AvgIpc) is 2.39. The lowest BCUT2D eigenvalue weighted by molar-refractivity contribution is -0.144. The molecule has 86 valence electrons. The molecule has 1 aliphatic heterocycles. The number of carbonyl (C=O) groups is 1. The van der Waals surface area contributed by atoms with Gasteiger partial charge in [0.1, 0.15) is 5.03 Å². The van der Waals surface area contributed by atoms with Gasteiger partial charge in [0.05, 0.1) is 12.2 Å². The largest absolute Gasteiger partial charge is 0.280 e. The minimum atomic E-state index is -0.0860. The average molecular weight is 238 g/mol. The maximum absolute atomic E-state index is 12.1. The van der Waals surface area contributed by atoms with E-state index in [0.29, 0.717) is 18.7 Å². The van der Waals surface area contributed by atoms with Crippen LogP contribution in [0.25, 0.3) is 0 Å². The lowest BCUT2D eigenvalue weighted by Gasteiger charge is -2.26. The van der Waals surface area contributed by atoms with Crippen LogP contribution >= 0.6 is 11.8 Å². The Hall–Kier alpha value is -1.07. The highest BCUT2D eigenvalue weighted by molar-refractivity contribution is 7.98. The van der Waals surface area contributed by atoms with Gasteiger partial charge in [0.2, 0.25) is 0 Å². The summed E-state index contributed by atoms with van der Waals surface area (Å²) in [5.41, 5.74) is 0.622. The second kappa shape index (κ2) is 5.32. The van der Waals surface area contributed by atoms with Crippen LogP contribution in [0.3, 0.4) is 0 Å². The zero-order valence-corrected chi connectivity index (χ0v) is 10.00. The summed E-state index contributed by atoms with van der Waals surface area (Å²) in [7, 11) is 0. The first-order valence-electron chi connectivity index (χ1n) is 5.26. The topological polar surface area (TPSA) is 42.4 Å². The van der Waals surface area contributed by atoms with Gasteiger partial charge in [0.25, 0.3) is 5.91 Å². The molecule has 0 unspecified atom stereocenters. The number of amides is 1. The monoisotopic (exact) mass is 238 g/mol. The number of carbonyl (C=O) groups excluding carboxylic acids is 1. The van der Waals surface area contributed by atoms with Crippen molar-refractivity contribution in [2.45, 2.75) is 17.9 Å². The highest BCUT2D eigenvalue weighted by atomic mass is 32.2. The van der Waals surface area contributed by atoms with E-state index < -0.39 is 0 Å². The summed E-state index contributed by atoms with van der Waals surface area (Å²) in [4.78, 5) is 21.6. The fourth-order valence-corrected chi connectivity index (χ4v) is 2.15. The Morgan fingerprint density at radius 1 is 1.56 bits per heavy atom. The summed E-state index contributed by atoms with van der Waals surface area (Å²) in [5, 5.41) is 2.20. The Balaban J connectivity index is 2.19. The van der Waals surface area contributed by atoms with Crippen molar-refractivity contribution >= 4 is 17.7 Å². The summed E-state index contributed by atoms with van der Waals surface area (Å²) in [5.74, 6) is -0.0860. The third-order valence-corrected chi connectivity index (χ3v) is 3.14. The lowest BCUT2D eigenvalue weighted by Crippen LogP contribution is -2.36. The highest BCUT2D eigenvalue weighted by Gasteiger charge is 2.21. The quantitative estimate of drug-likeness (QED) is 0.739. The summed E-state index contributed by atoms with van der Waals surface area (Å²) in [6.45, 7) is 1.29. The van der Waals surface area contributed by atoms with Crippen LogP contribution in [-0.4, -0.2) is 35.4 Å². The summed E-state index contributed by atoms with van der Waals surface area (Å²) >= 11 is 1.47. The number of pyridine rings is 1. The van der Waals surface area contributed by atoms with Crippen LogP contribution in [0.4, 0.5) is 0 Å². The van der Waals surface area contributed by atoms with E-state index in [1.54, 1.807) is 18.3 Å². The Morgan fingerprint density at radius 2 is 2.44 bits per heavy atom. The molecule has 1 amide bonds. The zero-order valence-electron chi connectivity index (χ0n) is 9.18. The van der Waals surface area contributed by atoms with Crippen molar-refractivity contribution in [3.8, 4) is 0 Å². The fraction of sp³-hybridized carbons (Fsp3) is 0.455. The van der Waals surface area contributed by atoms with E-state index in [9.17, 15) is 4.79 Å². The van der Waals surface area contributed by atoms with Gasteiger partial charge < -0.3 is 0 Å². The molecule has 0 aliphatic carbocycles. The van der Waals surface area contributed by atoms with Crippen molar-refractivity contribution in [2.24, 2.45) is 0 Å². The first-order chi connectivity index (χ1) is 7.83. The van der Waals surface area contributed by atoms with Crippen LogP contribution in [0.15, 0.2) is 23.4 Å². The van der Waals surface area contributed by atoms with Crippen LogP contribution in [-0.2, 0) is 4.84 Å². The second-order valence-electron chi connectivity index (χ2n) is 3.51. The van der Waals surface area contributed by atoms with Crippen molar-refractivity contribution in [1.82, 2.24) is 10.0 Å². The molecule has 0 atom stereocenters. The number of aromatic nitrogens is 1. The molecule has 0 saturated carbocycles. The molecule has 0 radical (unpaired) electrons. The third-order valence-electron chi connectivity index (χ3n) is 2.42.